The van der Waals surface area contributed by atoms with Crippen LogP contribution in [0.1, 0.15) is 30.5 Å². The zero-order valence-electron chi connectivity index (χ0n) is 20.5. The SMILES string of the molecule is Cc1ccc(OCC(=O)N(Cc2cccc(Cl)c2)[C@H](Cc2ccccc2)C(=O)NCC(C)C)cc1. The lowest BCUT2D eigenvalue weighted by Gasteiger charge is -2.31. The largest absolute Gasteiger partial charge is 0.484 e. The lowest BCUT2D eigenvalue weighted by Crippen LogP contribution is -2.52. The normalized spacial score (nSPS) is 11.7. The molecule has 0 heterocycles. The van der Waals surface area contributed by atoms with Crippen LogP contribution in [0, 0.1) is 12.8 Å². The van der Waals surface area contributed by atoms with E-state index in [2.05, 4.69) is 5.32 Å². The first-order chi connectivity index (χ1) is 16.8. The van der Waals surface area contributed by atoms with E-state index < -0.39 is 6.04 Å². The Morgan fingerprint density at radius 1 is 0.943 bits per heavy atom. The molecule has 0 fully saturated rings. The standard InChI is InChI=1S/C29H33ClN2O3/c1-21(2)18-31-29(34)27(17-23-8-5-4-6-9-23)32(19-24-10-7-11-25(30)16-24)28(33)20-35-26-14-12-22(3)13-15-26/h4-16,21,27H,17-20H2,1-3H3,(H,31,34)/t27-/m1/s1. The number of amides is 2. The van der Waals surface area contributed by atoms with E-state index in [0.717, 1.165) is 16.7 Å². The number of halogens is 1. The number of nitrogens with one attached hydrogen (secondary N) is 1. The van der Waals surface area contributed by atoms with Gasteiger partial charge in [0.05, 0.1) is 0 Å². The summed E-state index contributed by atoms with van der Waals surface area (Å²) < 4.78 is 5.79. The second-order valence-electron chi connectivity index (χ2n) is 9.10. The van der Waals surface area contributed by atoms with E-state index in [0.29, 0.717) is 29.7 Å². The van der Waals surface area contributed by atoms with Gasteiger partial charge in [0.25, 0.3) is 5.91 Å². The molecule has 0 saturated heterocycles. The summed E-state index contributed by atoms with van der Waals surface area (Å²) in [5, 5.41) is 3.59. The predicted octanol–water partition coefficient (Wildman–Crippen LogP) is 5.44. The van der Waals surface area contributed by atoms with Crippen molar-refractivity contribution in [3.8, 4) is 5.75 Å². The highest BCUT2D eigenvalue weighted by Gasteiger charge is 2.30. The first-order valence-corrected chi connectivity index (χ1v) is 12.2. The minimum atomic E-state index is -0.704. The minimum absolute atomic E-state index is 0.174. The van der Waals surface area contributed by atoms with Gasteiger partial charge >= 0.3 is 0 Å². The van der Waals surface area contributed by atoms with E-state index in [1.165, 1.54) is 0 Å². The van der Waals surface area contributed by atoms with Crippen molar-refractivity contribution in [3.63, 3.8) is 0 Å². The van der Waals surface area contributed by atoms with Crippen LogP contribution in [0.15, 0.2) is 78.9 Å². The molecule has 0 aliphatic heterocycles. The maximum absolute atomic E-state index is 13.5. The van der Waals surface area contributed by atoms with Crippen molar-refractivity contribution in [2.45, 2.75) is 39.8 Å². The Kier molecular flexibility index (Phi) is 9.74. The number of hydrogen-bond donors (Lipinski definition) is 1. The molecule has 0 aliphatic rings. The molecule has 0 radical (unpaired) electrons. The average molecular weight is 493 g/mol. The molecule has 0 bridgehead atoms. The first-order valence-electron chi connectivity index (χ1n) is 11.9. The first kappa shape index (κ1) is 26.3. The van der Waals surface area contributed by atoms with E-state index in [1.54, 1.807) is 11.0 Å². The summed E-state index contributed by atoms with van der Waals surface area (Å²) in [6, 6.07) is 23.9. The zero-order valence-corrected chi connectivity index (χ0v) is 21.3. The Morgan fingerprint density at radius 2 is 1.63 bits per heavy atom. The lowest BCUT2D eigenvalue weighted by molar-refractivity contribution is -0.142. The third-order valence-corrected chi connectivity index (χ3v) is 5.82. The molecule has 184 valence electrons. The van der Waals surface area contributed by atoms with Gasteiger partial charge in [-0.25, -0.2) is 0 Å². The number of benzene rings is 3. The fourth-order valence-corrected chi connectivity index (χ4v) is 3.88. The summed E-state index contributed by atoms with van der Waals surface area (Å²) in [4.78, 5) is 28.5. The highest BCUT2D eigenvalue weighted by Crippen LogP contribution is 2.18. The van der Waals surface area contributed by atoms with E-state index in [-0.39, 0.29) is 25.0 Å². The summed E-state index contributed by atoms with van der Waals surface area (Å²) >= 11 is 6.21. The van der Waals surface area contributed by atoms with Crippen LogP contribution in [-0.2, 0) is 22.6 Å². The van der Waals surface area contributed by atoms with Gasteiger partial charge in [-0.1, -0.05) is 85.6 Å². The fraction of sp³-hybridized carbons (Fsp3) is 0.310. The predicted molar refractivity (Wildman–Crippen MR) is 140 cm³/mol. The van der Waals surface area contributed by atoms with Crippen molar-refractivity contribution in [1.82, 2.24) is 10.2 Å². The van der Waals surface area contributed by atoms with Crippen molar-refractivity contribution in [2.75, 3.05) is 13.2 Å². The lowest BCUT2D eigenvalue weighted by atomic mass is 10.0. The molecule has 0 saturated carbocycles. The second kappa shape index (κ2) is 13.0. The number of aryl methyl sites for hydroxylation is 1. The number of ether oxygens (including phenoxy) is 1. The van der Waals surface area contributed by atoms with Gasteiger partial charge in [0.2, 0.25) is 5.91 Å². The van der Waals surface area contributed by atoms with E-state index in [9.17, 15) is 9.59 Å². The van der Waals surface area contributed by atoms with Crippen molar-refractivity contribution in [3.05, 3.63) is 101 Å². The summed E-state index contributed by atoms with van der Waals surface area (Å²) in [5.74, 6) is 0.438. The molecular formula is C29H33ClN2O3. The number of hydrogen-bond acceptors (Lipinski definition) is 3. The van der Waals surface area contributed by atoms with Crippen LogP contribution in [0.25, 0.3) is 0 Å². The third kappa shape index (κ3) is 8.45. The highest BCUT2D eigenvalue weighted by atomic mass is 35.5. The van der Waals surface area contributed by atoms with Crippen LogP contribution in [-0.4, -0.2) is 35.9 Å². The Bertz CT molecular complexity index is 1100. The Morgan fingerprint density at radius 3 is 2.29 bits per heavy atom. The van der Waals surface area contributed by atoms with Gasteiger partial charge in [0.15, 0.2) is 6.61 Å². The van der Waals surface area contributed by atoms with Crippen LogP contribution in [0.4, 0.5) is 0 Å². The van der Waals surface area contributed by atoms with Crippen molar-refractivity contribution in [1.29, 1.82) is 0 Å². The summed E-state index contributed by atoms with van der Waals surface area (Å²) in [7, 11) is 0. The van der Waals surface area contributed by atoms with Crippen LogP contribution >= 0.6 is 11.6 Å². The Hall–Kier alpha value is -3.31. The summed E-state index contributed by atoms with van der Waals surface area (Å²) in [5.41, 5.74) is 2.92. The molecule has 2 amide bonds. The second-order valence-corrected chi connectivity index (χ2v) is 9.53. The van der Waals surface area contributed by atoms with Gasteiger partial charge in [-0.15, -0.1) is 0 Å². The van der Waals surface area contributed by atoms with Crippen LogP contribution in [0.2, 0.25) is 5.02 Å². The highest BCUT2D eigenvalue weighted by molar-refractivity contribution is 6.30. The van der Waals surface area contributed by atoms with Crippen molar-refractivity contribution >= 4 is 23.4 Å². The number of nitrogens with zero attached hydrogens (tertiary/aromatic N) is 1. The van der Waals surface area contributed by atoms with E-state index >= 15 is 0 Å². The maximum atomic E-state index is 13.5. The van der Waals surface area contributed by atoms with Gasteiger partial charge in [-0.2, -0.15) is 0 Å². The molecule has 3 aromatic rings. The van der Waals surface area contributed by atoms with Crippen LogP contribution in [0.3, 0.4) is 0 Å². The molecule has 1 N–H and O–H groups in total. The molecule has 0 spiro atoms. The fourth-order valence-electron chi connectivity index (χ4n) is 3.67. The van der Waals surface area contributed by atoms with Gasteiger partial charge < -0.3 is 15.0 Å². The quantitative estimate of drug-likeness (QED) is 0.387. The van der Waals surface area contributed by atoms with Crippen molar-refractivity contribution < 1.29 is 14.3 Å². The van der Waals surface area contributed by atoms with Crippen LogP contribution < -0.4 is 10.1 Å². The molecule has 1 atom stereocenters. The topological polar surface area (TPSA) is 58.6 Å². The Labute approximate surface area is 213 Å². The molecule has 3 aromatic carbocycles. The van der Waals surface area contributed by atoms with Gasteiger partial charge in [-0.05, 0) is 48.2 Å². The zero-order chi connectivity index (χ0) is 25.2. The third-order valence-electron chi connectivity index (χ3n) is 5.58. The monoisotopic (exact) mass is 492 g/mol. The average Bonchev–Trinajstić information content (AvgIpc) is 2.85. The van der Waals surface area contributed by atoms with Gasteiger partial charge in [-0.3, -0.25) is 9.59 Å². The molecule has 0 aromatic heterocycles. The number of rotatable bonds is 11. The molecular weight excluding hydrogens is 460 g/mol. The smallest absolute Gasteiger partial charge is 0.261 e. The van der Waals surface area contributed by atoms with Gasteiger partial charge in [0, 0.05) is 24.5 Å². The molecule has 0 aliphatic carbocycles. The molecule has 0 unspecified atom stereocenters. The maximum Gasteiger partial charge on any atom is 0.261 e. The molecule has 3 rings (SSSR count). The van der Waals surface area contributed by atoms with E-state index in [4.69, 9.17) is 16.3 Å². The molecule has 35 heavy (non-hydrogen) atoms. The van der Waals surface area contributed by atoms with Crippen LogP contribution in [0.5, 0.6) is 5.75 Å². The Balaban J connectivity index is 1.89. The van der Waals surface area contributed by atoms with Crippen molar-refractivity contribution in [2.24, 2.45) is 5.92 Å². The van der Waals surface area contributed by atoms with Gasteiger partial charge in [0.1, 0.15) is 11.8 Å². The number of carbonyl (C=O) groups is 2. The van der Waals surface area contributed by atoms with E-state index in [1.807, 2.05) is 93.6 Å². The summed E-state index contributed by atoms with van der Waals surface area (Å²) in [6.45, 7) is 6.66. The molecule has 5 nitrogen and oxygen atoms in total. The summed E-state index contributed by atoms with van der Waals surface area (Å²) in [6.07, 6.45) is 0.390. The molecule has 6 heteroatoms. The number of carbonyl (C=O) groups excluding carboxylic acids is 2. The minimum Gasteiger partial charge on any atom is -0.484 e.